The second-order valence-electron chi connectivity index (χ2n) is 7.06. The topological polar surface area (TPSA) is 73.1 Å². The second kappa shape index (κ2) is 8.75. The molecule has 0 radical (unpaired) electrons. The molecule has 4 rings (SSSR count). The molecule has 3 heterocycles. The van der Waals surface area contributed by atoms with Crippen LogP contribution < -0.4 is 0 Å². The molecule has 0 unspecified atom stereocenters. The molecule has 0 saturated carbocycles. The summed E-state index contributed by atoms with van der Waals surface area (Å²) in [7, 11) is 0. The summed E-state index contributed by atoms with van der Waals surface area (Å²) in [6, 6.07) is 13.7. The van der Waals surface area contributed by atoms with Crippen LogP contribution in [0.4, 0.5) is 0 Å². The smallest absolute Gasteiger partial charge is 0.233 e. The lowest BCUT2D eigenvalue weighted by Crippen LogP contribution is -2.48. The monoisotopic (exact) mass is 409 g/mol. The molecular weight excluding hydrogens is 386 g/mol. The van der Waals surface area contributed by atoms with E-state index in [1.54, 1.807) is 12.4 Å². The van der Waals surface area contributed by atoms with E-state index >= 15 is 0 Å². The Morgan fingerprint density at radius 2 is 1.76 bits per heavy atom. The molecule has 1 aliphatic heterocycles. The third-order valence-corrected chi connectivity index (χ3v) is 5.60. The first kappa shape index (κ1) is 19.6. The van der Waals surface area contributed by atoms with Crippen molar-refractivity contribution < 1.29 is 9.53 Å². The molecule has 1 saturated heterocycles. The van der Waals surface area contributed by atoms with Gasteiger partial charge in [-0.2, -0.15) is 0 Å². The number of carbonyl (C=O) groups excluding carboxylic acids is 1. The number of benzene rings is 1. The highest BCUT2D eigenvalue weighted by atomic mass is 32.2. The van der Waals surface area contributed by atoms with Crippen molar-refractivity contribution >= 4 is 17.7 Å². The number of ether oxygens (including phenoxy) is 1. The quantitative estimate of drug-likeness (QED) is 0.603. The maximum Gasteiger partial charge on any atom is 0.233 e. The van der Waals surface area contributed by atoms with Gasteiger partial charge in [0, 0.05) is 36.7 Å². The first-order valence-electron chi connectivity index (χ1n) is 9.59. The largest absolute Gasteiger partial charge is 0.372 e. The number of para-hydroxylation sites is 1. The molecule has 0 bridgehead atoms. The lowest BCUT2D eigenvalue weighted by atomic mass is 10.2. The van der Waals surface area contributed by atoms with Crippen molar-refractivity contribution in [2.75, 3.05) is 18.8 Å². The number of morpholine rings is 1. The molecule has 1 aromatic carbocycles. The first-order valence-corrected chi connectivity index (χ1v) is 10.6. The van der Waals surface area contributed by atoms with Gasteiger partial charge >= 0.3 is 0 Å². The number of aromatic nitrogens is 4. The number of hydrogen-bond donors (Lipinski definition) is 0. The van der Waals surface area contributed by atoms with Crippen molar-refractivity contribution in [1.29, 1.82) is 0 Å². The SMILES string of the molecule is C[C@@H]1CN(C(=O)CSc2nnc(-c3ccncc3)n2-c2ccccc2)C[C@H](C)O1. The van der Waals surface area contributed by atoms with Gasteiger partial charge in [-0.1, -0.05) is 30.0 Å². The predicted octanol–water partition coefficient (Wildman–Crippen LogP) is 3.06. The Morgan fingerprint density at radius 3 is 2.45 bits per heavy atom. The number of thioether (sulfide) groups is 1. The zero-order valence-corrected chi connectivity index (χ0v) is 17.2. The number of hydrogen-bond acceptors (Lipinski definition) is 6. The third kappa shape index (κ3) is 4.49. The van der Waals surface area contributed by atoms with Gasteiger partial charge in [0.25, 0.3) is 0 Å². The molecule has 8 heteroatoms. The average Bonchev–Trinajstić information content (AvgIpc) is 3.16. The van der Waals surface area contributed by atoms with Gasteiger partial charge in [-0.25, -0.2) is 0 Å². The number of pyridine rings is 1. The summed E-state index contributed by atoms with van der Waals surface area (Å²) in [5.74, 6) is 1.12. The van der Waals surface area contributed by atoms with Gasteiger partial charge in [-0.05, 0) is 38.1 Å². The Morgan fingerprint density at radius 1 is 1.07 bits per heavy atom. The number of amides is 1. The molecule has 3 aromatic rings. The molecule has 150 valence electrons. The molecule has 1 aliphatic rings. The molecule has 0 aliphatic carbocycles. The van der Waals surface area contributed by atoms with Crippen molar-refractivity contribution in [2.24, 2.45) is 0 Å². The van der Waals surface area contributed by atoms with Gasteiger partial charge in [0.15, 0.2) is 11.0 Å². The zero-order chi connectivity index (χ0) is 20.2. The zero-order valence-electron chi connectivity index (χ0n) is 16.4. The fourth-order valence-electron chi connectivity index (χ4n) is 3.46. The van der Waals surface area contributed by atoms with Crippen LogP contribution in [0.1, 0.15) is 13.8 Å². The van der Waals surface area contributed by atoms with Crippen LogP contribution in [0.15, 0.2) is 60.0 Å². The summed E-state index contributed by atoms with van der Waals surface area (Å²) >= 11 is 1.40. The summed E-state index contributed by atoms with van der Waals surface area (Å²) < 4.78 is 7.71. The van der Waals surface area contributed by atoms with E-state index in [4.69, 9.17) is 4.74 Å². The highest BCUT2D eigenvalue weighted by Crippen LogP contribution is 2.28. The van der Waals surface area contributed by atoms with Crippen molar-refractivity contribution in [3.05, 3.63) is 54.9 Å². The number of carbonyl (C=O) groups is 1. The molecule has 7 nitrogen and oxygen atoms in total. The summed E-state index contributed by atoms with van der Waals surface area (Å²) in [6.45, 7) is 5.24. The predicted molar refractivity (Wildman–Crippen MR) is 112 cm³/mol. The minimum Gasteiger partial charge on any atom is -0.372 e. The average molecular weight is 410 g/mol. The van der Waals surface area contributed by atoms with Gasteiger partial charge in [-0.3, -0.25) is 14.3 Å². The van der Waals surface area contributed by atoms with E-state index in [0.717, 1.165) is 17.1 Å². The second-order valence-corrected chi connectivity index (χ2v) is 8.00. The molecule has 0 N–H and O–H groups in total. The van der Waals surface area contributed by atoms with Crippen molar-refractivity contribution in [3.8, 4) is 17.1 Å². The molecule has 1 amide bonds. The highest BCUT2D eigenvalue weighted by Gasteiger charge is 2.26. The van der Waals surface area contributed by atoms with E-state index in [1.165, 1.54) is 11.8 Å². The molecule has 1 fully saturated rings. The minimum atomic E-state index is 0.0546. The third-order valence-electron chi connectivity index (χ3n) is 4.68. The maximum atomic E-state index is 12.8. The number of nitrogens with zero attached hydrogens (tertiary/aromatic N) is 5. The van der Waals surface area contributed by atoms with E-state index in [0.29, 0.717) is 24.0 Å². The maximum absolute atomic E-state index is 12.8. The fourth-order valence-corrected chi connectivity index (χ4v) is 4.31. The Bertz CT molecular complexity index is 954. The van der Waals surface area contributed by atoms with Crippen LogP contribution in [0.3, 0.4) is 0 Å². The normalized spacial score (nSPS) is 19.3. The van der Waals surface area contributed by atoms with Crippen LogP contribution in [-0.2, 0) is 9.53 Å². The molecule has 0 spiro atoms. The molecular formula is C21H23N5O2S. The fraction of sp³-hybridized carbons (Fsp3) is 0.333. The first-order chi connectivity index (χ1) is 14.1. The Hall–Kier alpha value is -2.71. The van der Waals surface area contributed by atoms with Crippen LogP contribution in [-0.4, -0.2) is 61.6 Å². The van der Waals surface area contributed by atoms with Crippen molar-refractivity contribution in [2.45, 2.75) is 31.2 Å². The molecule has 2 atom stereocenters. The van der Waals surface area contributed by atoms with Gasteiger partial charge in [0.1, 0.15) is 0 Å². The van der Waals surface area contributed by atoms with E-state index in [9.17, 15) is 4.79 Å². The van der Waals surface area contributed by atoms with E-state index < -0.39 is 0 Å². The molecule has 2 aromatic heterocycles. The van der Waals surface area contributed by atoms with E-state index in [2.05, 4.69) is 15.2 Å². The van der Waals surface area contributed by atoms with E-state index in [1.807, 2.05) is 65.8 Å². The summed E-state index contributed by atoms with van der Waals surface area (Å²) in [6.07, 6.45) is 3.57. The van der Waals surface area contributed by atoms with Gasteiger partial charge in [0.05, 0.1) is 18.0 Å². The van der Waals surface area contributed by atoms with Gasteiger partial charge in [0.2, 0.25) is 5.91 Å². The van der Waals surface area contributed by atoms with Gasteiger partial charge < -0.3 is 9.64 Å². The Labute approximate surface area is 174 Å². The standard InChI is InChI=1S/C21H23N5O2S/c1-15-12-25(13-16(2)28-15)19(27)14-29-21-24-23-20(17-8-10-22-11-9-17)26(21)18-6-4-3-5-7-18/h3-11,15-16H,12-14H2,1-2H3/t15-,16+. The summed E-state index contributed by atoms with van der Waals surface area (Å²) in [5.41, 5.74) is 1.87. The molecule has 29 heavy (non-hydrogen) atoms. The number of rotatable bonds is 5. The lowest BCUT2D eigenvalue weighted by molar-refractivity contribution is -0.140. The Kier molecular flexibility index (Phi) is 5.92. The van der Waals surface area contributed by atoms with Crippen LogP contribution in [0, 0.1) is 0 Å². The van der Waals surface area contributed by atoms with Gasteiger partial charge in [-0.15, -0.1) is 10.2 Å². The summed E-state index contributed by atoms with van der Waals surface area (Å²) in [4.78, 5) is 18.7. The lowest BCUT2D eigenvalue weighted by Gasteiger charge is -2.35. The summed E-state index contributed by atoms with van der Waals surface area (Å²) in [5, 5.41) is 9.46. The van der Waals surface area contributed by atoms with Crippen molar-refractivity contribution in [1.82, 2.24) is 24.6 Å². The van der Waals surface area contributed by atoms with Crippen LogP contribution in [0.2, 0.25) is 0 Å². The Balaban J connectivity index is 1.58. The van der Waals surface area contributed by atoms with Crippen molar-refractivity contribution in [3.63, 3.8) is 0 Å². The van der Waals surface area contributed by atoms with E-state index in [-0.39, 0.29) is 18.1 Å². The minimum absolute atomic E-state index is 0.0546. The van der Waals surface area contributed by atoms with Crippen LogP contribution in [0.5, 0.6) is 0 Å². The van der Waals surface area contributed by atoms with Crippen LogP contribution in [0.25, 0.3) is 17.1 Å². The van der Waals surface area contributed by atoms with Crippen LogP contribution >= 0.6 is 11.8 Å². The highest BCUT2D eigenvalue weighted by molar-refractivity contribution is 7.99.